The van der Waals surface area contributed by atoms with Gasteiger partial charge in [-0.3, -0.25) is 0 Å². The summed E-state index contributed by atoms with van der Waals surface area (Å²) in [5.41, 5.74) is -0.177. The molecule has 0 atom stereocenters. The molecule has 1 saturated heterocycles. The molecule has 1 aliphatic rings. The van der Waals surface area contributed by atoms with Gasteiger partial charge < -0.3 is 5.11 Å². The SMILES string of the molecule is CC1(C)CCN(S(=O)(=O)c2cc(C(=O)O)c(Cl)cc2Cl)CC1. The summed E-state index contributed by atoms with van der Waals surface area (Å²) in [6, 6.07) is 2.19. The van der Waals surface area contributed by atoms with Crippen molar-refractivity contribution in [3.63, 3.8) is 0 Å². The Bertz CT molecular complexity index is 706. The van der Waals surface area contributed by atoms with E-state index in [-0.39, 0.29) is 25.9 Å². The maximum Gasteiger partial charge on any atom is 0.337 e. The average Bonchev–Trinajstić information content (AvgIpc) is 2.37. The molecular weight excluding hydrogens is 349 g/mol. The molecular formula is C14H17Cl2NO4S. The Morgan fingerprint density at radius 2 is 1.73 bits per heavy atom. The van der Waals surface area contributed by atoms with Gasteiger partial charge >= 0.3 is 5.97 Å². The van der Waals surface area contributed by atoms with Crippen LogP contribution in [0.4, 0.5) is 0 Å². The molecule has 0 saturated carbocycles. The molecule has 0 bridgehead atoms. The quantitative estimate of drug-likeness (QED) is 0.889. The molecule has 0 amide bonds. The van der Waals surface area contributed by atoms with E-state index in [0.29, 0.717) is 13.1 Å². The second-order valence-electron chi connectivity index (χ2n) is 6.14. The Hall–Kier alpha value is -0.820. The zero-order valence-corrected chi connectivity index (χ0v) is 14.6. The summed E-state index contributed by atoms with van der Waals surface area (Å²) in [5.74, 6) is -1.29. The van der Waals surface area contributed by atoms with Crippen LogP contribution in [0.5, 0.6) is 0 Å². The summed E-state index contributed by atoms with van der Waals surface area (Å²) in [4.78, 5) is 10.9. The minimum Gasteiger partial charge on any atom is -0.478 e. The van der Waals surface area contributed by atoms with E-state index >= 15 is 0 Å². The molecule has 0 unspecified atom stereocenters. The predicted octanol–water partition coefficient (Wildman–Crippen LogP) is 3.50. The minimum absolute atomic E-state index is 0.0696. The van der Waals surface area contributed by atoms with Gasteiger partial charge in [0.05, 0.1) is 15.6 Å². The first kappa shape index (κ1) is 17.5. The summed E-state index contributed by atoms with van der Waals surface area (Å²) in [5, 5.41) is 8.93. The van der Waals surface area contributed by atoms with Crippen LogP contribution >= 0.6 is 23.2 Å². The van der Waals surface area contributed by atoms with Crippen molar-refractivity contribution in [3.05, 3.63) is 27.7 Å². The lowest BCUT2D eigenvalue weighted by molar-refractivity contribution is 0.0697. The Labute approximate surface area is 139 Å². The van der Waals surface area contributed by atoms with Crippen LogP contribution < -0.4 is 0 Å². The second-order valence-corrected chi connectivity index (χ2v) is 8.86. The Morgan fingerprint density at radius 1 is 1.18 bits per heavy atom. The molecule has 122 valence electrons. The van der Waals surface area contributed by atoms with Gasteiger partial charge in [-0.2, -0.15) is 4.31 Å². The van der Waals surface area contributed by atoms with Crippen LogP contribution in [-0.4, -0.2) is 36.9 Å². The van der Waals surface area contributed by atoms with Gasteiger partial charge in [-0.1, -0.05) is 37.0 Å². The molecule has 0 aromatic heterocycles. The zero-order chi connectivity index (χ0) is 16.7. The third kappa shape index (κ3) is 3.40. The van der Waals surface area contributed by atoms with Crippen LogP contribution in [0.25, 0.3) is 0 Å². The maximum absolute atomic E-state index is 12.7. The lowest BCUT2D eigenvalue weighted by Gasteiger charge is -2.36. The maximum atomic E-state index is 12.7. The van der Waals surface area contributed by atoms with Crippen LogP contribution in [-0.2, 0) is 10.0 Å². The molecule has 8 heteroatoms. The van der Waals surface area contributed by atoms with Crippen molar-refractivity contribution in [2.24, 2.45) is 5.41 Å². The third-order valence-corrected chi connectivity index (χ3v) is 6.62. The van der Waals surface area contributed by atoms with Crippen LogP contribution in [0.15, 0.2) is 17.0 Å². The van der Waals surface area contributed by atoms with Gasteiger partial charge in [-0.15, -0.1) is 0 Å². The van der Waals surface area contributed by atoms with E-state index in [4.69, 9.17) is 28.3 Å². The monoisotopic (exact) mass is 365 g/mol. The van der Waals surface area contributed by atoms with Gasteiger partial charge in [0.15, 0.2) is 0 Å². The Balaban J connectivity index is 2.42. The molecule has 1 aromatic carbocycles. The van der Waals surface area contributed by atoms with Gasteiger partial charge in [-0.25, -0.2) is 13.2 Å². The van der Waals surface area contributed by atoms with Gasteiger partial charge in [0.2, 0.25) is 10.0 Å². The van der Waals surface area contributed by atoms with Crippen molar-refractivity contribution in [3.8, 4) is 0 Å². The number of hydrogen-bond donors (Lipinski definition) is 1. The number of carboxylic acid groups (broad SMARTS) is 1. The summed E-state index contributed by atoms with van der Waals surface area (Å²) in [6.07, 6.45) is 1.48. The number of halogens is 2. The summed E-state index contributed by atoms with van der Waals surface area (Å²) < 4.78 is 26.8. The van der Waals surface area contributed by atoms with Gasteiger partial charge in [0.25, 0.3) is 0 Å². The number of rotatable bonds is 3. The number of benzene rings is 1. The first-order valence-corrected chi connectivity index (χ1v) is 8.97. The molecule has 0 spiro atoms. The van der Waals surface area contributed by atoms with Crippen molar-refractivity contribution in [2.45, 2.75) is 31.6 Å². The van der Waals surface area contributed by atoms with Crippen LogP contribution in [0.1, 0.15) is 37.0 Å². The van der Waals surface area contributed by atoms with Crippen molar-refractivity contribution in [1.29, 1.82) is 0 Å². The van der Waals surface area contributed by atoms with Crippen molar-refractivity contribution < 1.29 is 18.3 Å². The standard InChI is InChI=1S/C14H17Cl2NO4S/c1-14(2)3-5-17(6-4-14)22(20,21)12-7-9(13(18)19)10(15)8-11(12)16/h7-8H,3-6H2,1-2H3,(H,18,19). The second kappa shape index (κ2) is 6.00. The van der Waals surface area contributed by atoms with E-state index in [1.165, 1.54) is 4.31 Å². The largest absolute Gasteiger partial charge is 0.478 e. The molecule has 1 fully saturated rings. The smallest absolute Gasteiger partial charge is 0.337 e. The normalized spacial score (nSPS) is 19.1. The highest BCUT2D eigenvalue weighted by Gasteiger charge is 2.34. The molecule has 1 N–H and O–H groups in total. The number of nitrogens with zero attached hydrogens (tertiary/aromatic N) is 1. The van der Waals surface area contributed by atoms with Crippen LogP contribution in [0, 0.1) is 5.41 Å². The van der Waals surface area contributed by atoms with Crippen molar-refractivity contribution in [2.75, 3.05) is 13.1 Å². The molecule has 2 rings (SSSR count). The van der Waals surface area contributed by atoms with E-state index in [0.717, 1.165) is 25.0 Å². The predicted molar refractivity (Wildman–Crippen MR) is 85.2 cm³/mol. The summed E-state index contributed by atoms with van der Waals surface area (Å²) in [7, 11) is -3.84. The fourth-order valence-electron chi connectivity index (χ4n) is 2.36. The highest BCUT2D eigenvalue weighted by atomic mass is 35.5. The molecule has 1 aromatic rings. The number of hydrogen-bond acceptors (Lipinski definition) is 3. The van der Waals surface area contributed by atoms with E-state index in [1.54, 1.807) is 0 Å². The number of sulfonamides is 1. The summed E-state index contributed by atoms with van der Waals surface area (Å²) in [6.45, 7) is 4.96. The topological polar surface area (TPSA) is 74.7 Å². The highest BCUT2D eigenvalue weighted by Crippen LogP contribution is 2.35. The van der Waals surface area contributed by atoms with Gasteiger partial charge in [0, 0.05) is 13.1 Å². The number of piperidine rings is 1. The van der Waals surface area contributed by atoms with Crippen molar-refractivity contribution in [1.82, 2.24) is 4.31 Å². The van der Waals surface area contributed by atoms with E-state index < -0.39 is 16.0 Å². The number of carbonyl (C=O) groups is 1. The fourth-order valence-corrected chi connectivity index (χ4v) is 4.63. The highest BCUT2D eigenvalue weighted by molar-refractivity contribution is 7.89. The first-order valence-electron chi connectivity index (χ1n) is 6.77. The molecule has 1 heterocycles. The van der Waals surface area contributed by atoms with E-state index in [2.05, 4.69) is 13.8 Å². The minimum atomic E-state index is -3.84. The molecule has 0 aliphatic carbocycles. The van der Waals surface area contributed by atoms with E-state index in [9.17, 15) is 13.2 Å². The molecule has 1 aliphatic heterocycles. The fraction of sp³-hybridized carbons (Fsp3) is 0.500. The lowest BCUT2D eigenvalue weighted by atomic mass is 9.83. The Kier molecular flexibility index (Phi) is 4.78. The van der Waals surface area contributed by atoms with Gasteiger partial charge in [-0.05, 0) is 30.4 Å². The third-order valence-electron chi connectivity index (χ3n) is 3.95. The zero-order valence-electron chi connectivity index (χ0n) is 12.3. The summed E-state index contributed by atoms with van der Waals surface area (Å²) >= 11 is 11.8. The number of carboxylic acids is 1. The number of aromatic carboxylic acids is 1. The van der Waals surface area contributed by atoms with Crippen LogP contribution in [0.3, 0.4) is 0 Å². The molecule has 5 nitrogen and oxygen atoms in total. The average molecular weight is 366 g/mol. The van der Waals surface area contributed by atoms with Crippen molar-refractivity contribution >= 4 is 39.2 Å². The van der Waals surface area contributed by atoms with Crippen LogP contribution in [0.2, 0.25) is 10.0 Å². The lowest BCUT2D eigenvalue weighted by Crippen LogP contribution is -2.41. The van der Waals surface area contributed by atoms with Gasteiger partial charge in [0.1, 0.15) is 4.90 Å². The first-order chi connectivity index (χ1) is 10.0. The molecule has 22 heavy (non-hydrogen) atoms. The Morgan fingerprint density at radius 3 is 2.23 bits per heavy atom. The van der Waals surface area contributed by atoms with E-state index in [1.807, 2.05) is 0 Å². The molecule has 0 radical (unpaired) electrons.